The van der Waals surface area contributed by atoms with Gasteiger partial charge in [-0.1, -0.05) is 6.92 Å². The Balaban J connectivity index is 1.65. The molecule has 5 heteroatoms. The second-order valence-electron chi connectivity index (χ2n) is 6.66. The number of nitrogens with zero attached hydrogens (tertiary/aromatic N) is 1. The standard InChI is InChI=1S/C16H25N3O2/c1-10(9-13-11(2)18-19-12(13)3)15(20)17-16-6-4-5-14(16)21-8-7-16/h10,14H,4-9H2,1-3H3,(H,17,20)(H,18,19)/t10?,14-,16+/m1/s1. The lowest BCUT2D eigenvalue weighted by atomic mass is 9.91. The maximum Gasteiger partial charge on any atom is 0.223 e. The minimum Gasteiger partial charge on any atom is -0.376 e. The fourth-order valence-corrected chi connectivity index (χ4v) is 3.80. The van der Waals surface area contributed by atoms with Crippen LogP contribution in [0.2, 0.25) is 0 Å². The number of aryl methyl sites for hydroxylation is 2. The molecule has 2 fully saturated rings. The SMILES string of the molecule is Cc1n[nH]c(C)c1CC(C)C(=O)N[C@]12CCC[C@H]1OCC2. The van der Waals surface area contributed by atoms with Gasteiger partial charge in [0.15, 0.2) is 0 Å². The number of hydrogen-bond donors (Lipinski definition) is 2. The normalized spacial score (nSPS) is 29.4. The molecule has 5 nitrogen and oxygen atoms in total. The van der Waals surface area contributed by atoms with Crippen molar-refractivity contribution in [2.45, 2.75) is 64.5 Å². The van der Waals surface area contributed by atoms with Crippen molar-refractivity contribution in [3.8, 4) is 0 Å². The predicted octanol–water partition coefficient (Wildman–Crippen LogP) is 2.03. The molecule has 0 spiro atoms. The Morgan fingerprint density at radius 2 is 2.33 bits per heavy atom. The zero-order chi connectivity index (χ0) is 15.0. The van der Waals surface area contributed by atoms with Crippen molar-refractivity contribution in [3.05, 3.63) is 17.0 Å². The molecule has 1 amide bonds. The van der Waals surface area contributed by atoms with Gasteiger partial charge >= 0.3 is 0 Å². The molecule has 2 N–H and O–H groups in total. The summed E-state index contributed by atoms with van der Waals surface area (Å²) >= 11 is 0. The molecule has 1 aliphatic carbocycles. The summed E-state index contributed by atoms with van der Waals surface area (Å²) in [5.41, 5.74) is 3.13. The second-order valence-corrected chi connectivity index (χ2v) is 6.66. The number of carbonyl (C=O) groups is 1. The average Bonchev–Trinajstić information content (AvgIpc) is 3.08. The second kappa shape index (κ2) is 5.44. The number of nitrogens with one attached hydrogen (secondary N) is 2. The van der Waals surface area contributed by atoms with Crippen LogP contribution in [0.1, 0.15) is 49.6 Å². The first kappa shape index (κ1) is 14.6. The first-order chi connectivity index (χ1) is 10.0. The van der Waals surface area contributed by atoms with Crippen LogP contribution in [-0.2, 0) is 16.0 Å². The number of aromatic nitrogens is 2. The van der Waals surface area contributed by atoms with Crippen LogP contribution in [0.15, 0.2) is 0 Å². The topological polar surface area (TPSA) is 67.0 Å². The Kier molecular flexibility index (Phi) is 3.78. The Bertz CT molecular complexity index is 508. The Labute approximate surface area is 125 Å². The first-order valence-corrected chi connectivity index (χ1v) is 7.96. The number of fused-ring (bicyclic) bond motifs is 1. The maximum absolute atomic E-state index is 12.6. The van der Waals surface area contributed by atoms with Crippen LogP contribution in [0.5, 0.6) is 0 Å². The summed E-state index contributed by atoms with van der Waals surface area (Å²) < 4.78 is 5.78. The fraction of sp³-hybridized carbons (Fsp3) is 0.750. The molecule has 0 aromatic carbocycles. The van der Waals surface area contributed by atoms with Crippen molar-refractivity contribution < 1.29 is 9.53 Å². The van der Waals surface area contributed by atoms with E-state index in [1.54, 1.807) is 0 Å². The molecule has 116 valence electrons. The molecular weight excluding hydrogens is 266 g/mol. The van der Waals surface area contributed by atoms with E-state index in [0.717, 1.165) is 50.1 Å². The number of amides is 1. The zero-order valence-corrected chi connectivity index (χ0v) is 13.2. The van der Waals surface area contributed by atoms with Crippen molar-refractivity contribution in [1.29, 1.82) is 0 Å². The number of aromatic amines is 1. The molecule has 3 rings (SSSR count). The fourth-order valence-electron chi connectivity index (χ4n) is 3.80. The van der Waals surface area contributed by atoms with Gasteiger partial charge in [0, 0.05) is 18.2 Å². The Morgan fingerprint density at radius 1 is 1.52 bits per heavy atom. The van der Waals surface area contributed by atoms with Gasteiger partial charge < -0.3 is 10.1 Å². The highest BCUT2D eigenvalue weighted by Gasteiger charge is 2.48. The molecular formula is C16H25N3O2. The Hall–Kier alpha value is -1.36. The number of ether oxygens (including phenoxy) is 1. The predicted molar refractivity (Wildman–Crippen MR) is 80.0 cm³/mol. The van der Waals surface area contributed by atoms with Gasteiger partial charge in [-0.15, -0.1) is 0 Å². The van der Waals surface area contributed by atoms with E-state index in [2.05, 4.69) is 15.5 Å². The molecule has 1 saturated heterocycles. The van der Waals surface area contributed by atoms with Crippen molar-refractivity contribution in [3.63, 3.8) is 0 Å². The van der Waals surface area contributed by atoms with Crippen LogP contribution in [0.25, 0.3) is 0 Å². The van der Waals surface area contributed by atoms with Gasteiger partial charge in [-0.2, -0.15) is 5.10 Å². The third kappa shape index (κ3) is 2.59. The lowest BCUT2D eigenvalue weighted by Crippen LogP contribution is -2.52. The van der Waals surface area contributed by atoms with Crippen LogP contribution in [-0.4, -0.2) is 34.4 Å². The molecule has 0 bridgehead atoms. The summed E-state index contributed by atoms with van der Waals surface area (Å²) in [6.45, 7) is 6.77. The largest absolute Gasteiger partial charge is 0.376 e. The number of rotatable bonds is 4. The quantitative estimate of drug-likeness (QED) is 0.892. The maximum atomic E-state index is 12.6. The van der Waals surface area contributed by atoms with Crippen LogP contribution >= 0.6 is 0 Å². The van der Waals surface area contributed by atoms with Gasteiger partial charge in [0.2, 0.25) is 5.91 Å². The zero-order valence-electron chi connectivity index (χ0n) is 13.2. The van der Waals surface area contributed by atoms with E-state index in [0.29, 0.717) is 0 Å². The summed E-state index contributed by atoms with van der Waals surface area (Å²) in [5.74, 6) is 0.101. The highest BCUT2D eigenvalue weighted by molar-refractivity contribution is 5.79. The third-order valence-electron chi connectivity index (χ3n) is 5.18. The minimum absolute atomic E-state index is 0.0452. The number of H-pyrrole nitrogens is 1. The van der Waals surface area contributed by atoms with E-state index < -0.39 is 0 Å². The minimum atomic E-state index is -0.0914. The summed E-state index contributed by atoms with van der Waals surface area (Å²) in [6.07, 6.45) is 5.21. The molecule has 1 aromatic rings. The first-order valence-electron chi connectivity index (χ1n) is 7.96. The summed E-state index contributed by atoms with van der Waals surface area (Å²) in [4.78, 5) is 12.6. The molecule has 21 heavy (non-hydrogen) atoms. The van der Waals surface area contributed by atoms with Crippen LogP contribution in [0.3, 0.4) is 0 Å². The monoisotopic (exact) mass is 291 g/mol. The van der Waals surface area contributed by atoms with Crippen molar-refractivity contribution in [1.82, 2.24) is 15.5 Å². The molecule has 2 aliphatic rings. The number of hydrogen-bond acceptors (Lipinski definition) is 3. The highest BCUT2D eigenvalue weighted by Crippen LogP contribution is 2.40. The third-order valence-corrected chi connectivity index (χ3v) is 5.18. The van der Waals surface area contributed by atoms with E-state index in [1.165, 1.54) is 5.56 Å². The average molecular weight is 291 g/mol. The molecule has 3 atom stereocenters. The van der Waals surface area contributed by atoms with E-state index >= 15 is 0 Å². The number of carbonyl (C=O) groups excluding carboxylic acids is 1. The van der Waals surface area contributed by atoms with Crippen molar-refractivity contribution >= 4 is 5.91 Å². The van der Waals surface area contributed by atoms with E-state index in [4.69, 9.17) is 4.74 Å². The van der Waals surface area contributed by atoms with Gasteiger partial charge in [-0.25, -0.2) is 0 Å². The summed E-state index contributed by atoms with van der Waals surface area (Å²) in [6, 6.07) is 0. The smallest absolute Gasteiger partial charge is 0.223 e. The molecule has 1 saturated carbocycles. The van der Waals surface area contributed by atoms with Crippen LogP contribution in [0.4, 0.5) is 0 Å². The highest BCUT2D eigenvalue weighted by atomic mass is 16.5. The molecule has 1 aromatic heterocycles. The van der Waals surface area contributed by atoms with Gasteiger partial charge in [0.1, 0.15) is 0 Å². The van der Waals surface area contributed by atoms with Gasteiger partial charge in [0.05, 0.1) is 17.3 Å². The molecule has 0 radical (unpaired) electrons. The lowest BCUT2D eigenvalue weighted by Gasteiger charge is -2.30. The lowest BCUT2D eigenvalue weighted by molar-refractivity contribution is -0.127. The van der Waals surface area contributed by atoms with Crippen LogP contribution < -0.4 is 5.32 Å². The summed E-state index contributed by atoms with van der Waals surface area (Å²) in [7, 11) is 0. The van der Waals surface area contributed by atoms with E-state index in [-0.39, 0.29) is 23.5 Å². The summed E-state index contributed by atoms with van der Waals surface area (Å²) in [5, 5.41) is 10.5. The van der Waals surface area contributed by atoms with Crippen molar-refractivity contribution in [2.24, 2.45) is 5.92 Å². The van der Waals surface area contributed by atoms with Crippen LogP contribution in [0, 0.1) is 19.8 Å². The van der Waals surface area contributed by atoms with Crippen molar-refractivity contribution in [2.75, 3.05) is 6.61 Å². The van der Waals surface area contributed by atoms with Gasteiger partial charge in [0.25, 0.3) is 0 Å². The molecule has 1 unspecified atom stereocenters. The van der Waals surface area contributed by atoms with Gasteiger partial charge in [-0.3, -0.25) is 9.89 Å². The molecule has 2 heterocycles. The Morgan fingerprint density at radius 3 is 3.05 bits per heavy atom. The van der Waals surface area contributed by atoms with E-state index in [9.17, 15) is 4.79 Å². The molecule has 1 aliphatic heterocycles. The van der Waals surface area contributed by atoms with Gasteiger partial charge in [-0.05, 0) is 51.5 Å². The van der Waals surface area contributed by atoms with E-state index in [1.807, 2.05) is 20.8 Å².